The number of furan rings is 1. The highest BCUT2D eigenvalue weighted by molar-refractivity contribution is 6.06. The van der Waals surface area contributed by atoms with Crippen molar-refractivity contribution < 1.29 is 4.42 Å². The van der Waals surface area contributed by atoms with Crippen LogP contribution in [0.25, 0.3) is 99.1 Å². The molecule has 0 saturated heterocycles. The normalized spacial score (nSPS) is 11.4. The van der Waals surface area contributed by atoms with Crippen molar-refractivity contribution in [3.8, 4) is 55.6 Å². The molecule has 0 aliphatic heterocycles. The molecule has 1 aromatic heterocycles. The minimum absolute atomic E-state index is 0.902. The van der Waals surface area contributed by atoms with E-state index in [1.807, 2.05) is 12.1 Å². The van der Waals surface area contributed by atoms with Crippen LogP contribution in [0.15, 0.2) is 253 Å². The molecule has 0 aliphatic rings. The molecular weight excluding hydrogens is 775 g/mol. The van der Waals surface area contributed by atoms with Gasteiger partial charge in [-0.2, -0.15) is 0 Å². The number of para-hydroxylation sites is 1. The first-order valence-corrected chi connectivity index (χ1v) is 21.9. The largest absolute Gasteiger partial charge is 0.456 e. The van der Waals surface area contributed by atoms with Gasteiger partial charge in [-0.15, -0.1) is 0 Å². The molecule has 2 heteroatoms. The van der Waals surface area contributed by atoms with Crippen molar-refractivity contribution in [3.05, 3.63) is 249 Å². The molecule has 0 N–H and O–H groups in total. The zero-order chi connectivity index (χ0) is 42.4. The Bertz CT molecular complexity index is 3480. The van der Waals surface area contributed by atoms with E-state index >= 15 is 0 Å². The van der Waals surface area contributed by atoms with E-state index in [9.17, 15) is 0 Å². The predicted octanol–water partition coefficient (Wildman–Crippen LogP) is 17.7. The quantitative estimate of drug-likeness (QED) is 0.152. The van der Waals surface area contributed by atoms with Crippen molar-refractivity contribution in [3.63, 3.8) is 0 Å². The molecule has 64 heavy (non-hydrogen) atoms. The van der Waals surface area contributed by atoms with E-state index in [4.69, 9.17) is 4.42 Å². The second kappa shape index (κ2) is 15.8. The molecule has 300 valence electrons. The van der Waals surface area contributed by atoms with Crippen LogP contribution in [0.3, 0.4) is 0 Å². The number of benzene rings is 11. The van der Waals surface area contributed by atoms with Crippen molar-refractivity contribution >= 4 is 60.5 Å². The SMILES string of the molecule is c1ccc(-c2cccc3ccccc23)c(-c2ccc(N(c3ccc(-c4ccc5oc6ccccc6c5c4)cc3)c3ccc(-c4ccccc4-c4cccc5ccccc45)cc3)cc2)c1. The van der Waals surface area contributed by atoms with E-state index in [0.717, 1.165) is 50.1 Å². The van der Waals surface area contributed by atoms with Gasteiger partial charge in [-0.1, -0.05) is 194 Å². The van der Waals surface area contributed by atoms with Gasteiger partial charge >= 0.3 is 0 Å². The fourth-order valence-electron chi connectivity index (χ4n) is 9.60. The summed E-state index contributed by atoms with van der Waals surface area (Å²) in [6.45, 7) is 0. The summed E-state index contributed by atoms with van der Waals surface area (Å²) in [5, 5.41) is 7.25. The second-order valence-electron chi connectivity index (χ2n) is 16.4. The first-order valence-electron chi connectivity index (χ1n) is 21.9. The maximum Gasteiger partial charge on any atom is 0.135 e. The minimum atomic E-state index is 0.902. The van der Waals surface area contributed by atoms with Gasteiger partial charge in [0.25, 0.3) is 0 Å². The summed E-state index contributed by atoms with van der Waals surface area (Å²) >= 11 is 0. The van der Waals surface area contributed by atoms with Crippen molar-refractivity contribution in [1.82, 2.24) is 0 Å². The first kappa shape index (κ1) is 37.3. The van der Waals surface area contributed by atoms with E-state index in [1.54, 1.807) is 0 Å². The van der Waals surface area contributed by atoms with Gasteiger partial charge in [0.2, 0.25) is 0 Å². The van der Waals surface area contributed by atoms with Gasteiger partial charge < -0.3 is 9.32 Å². The summed E-state index contributed by atoms with van der Waals surface area (Å²) in [6, 6.07) is 89.7. The third-order valence-corrected chi connectivity index (χ3v) is 12.7. The molecule has 0 spiro atoms. The Morgan fingerprint density at radius 3 is 1.14 bits per heavy atom. The lowest BCUT2D eigenvalue weighted by Gasteiger charge is -2.26. The molecule has 0 atom stereocenters. The van der Waals surface area contributed by atoms with Gasteiger partial charge in [0.05, 0.1) is 0 Å². The second-order valence-corrected chi connectivity index (χ2v) is 16.4. The summed E-state index contributed by atoms with van der Waals surface area (Å²) in [5.41, 5.74) is 17.0. The summed E-state index contributed by atoms with van der Waals surface area (Å²) in [7, 11) is 0. The molecule has 0 unspecified atom stereocenters. The van der Waals surface area contributed by atoms with Crippen LogP contribution in [0.2, 0.25) is 0 Å². The predicted molar refractivity (Wildman–Crippen MR) is 271 cm³/mol. The van der Waals surface area contributed by atoms with Crippen LogP contribution < -0.4 is 4.90 Å². The fourth-order valence-corrected chi connectivity index (χ4v) is 9.60. The van der Waals surface area contributed by atoms with Crippen molar-refractivity contribution in [2.45, 2.75) is 0 Å². The van der Waals surface area contributed by atoms with Gasteiger partial charge in [0.1, 0.15) is 11.2 Å². The summed E-state index contributed by atoms with van der Waals surface area (Å²) in [6.07, 6.45) is 0. The van der Waals surface area contributed by atoms with Crippen LogP contribution in [-0.4, -0.2) is 0 Å². The summed E-state index contributed by atoms with van der Waals surface area (Å²) < 4.78 is 6.15. The van der Waals surface area contributed by atoms with Crippen LogP contribution in [0, 0.1) is 0 Å². The number of fused-ring (bicyclic) bond motifs is 5. The molecule has 12 aromatic rings. The monoisotopic (exact) mass is 815 g/mol. The first-order chi connectivity index (χ1) is 31.7. The van der Waals surface area contributed by atoms with Crippen molar-refractivity contribution in [2.24, 2.45) is 0 Å². The van der Waals surface area contributed by atoms with E-state index in [0.29, 0.717) is 0 Å². The number of rotatable bonds is 8. The number of nitrogens with zero attached hydrogens (tertiary/aromatic N) is 1. The highest BCUT2D eigenvalue weighted by Crippen LogP contribution is 2.42. The molecule has 0 aliphatic carbocycles. The van der Waals surface area contributed by atoms with E-state index < -0.39 is 0 Å². The van der Waals surface area contributed by atoms with Crippen LogP contribution in [-0.2, 0) is 0 Å². The molecule has 2 nitrogen and oxygen atoms in total. The molecule has 0 bridgehead atoms. The maximum absolute atomic E-state index is 6.15. The standard InChI is InChI=1S/C62H41NO/c1-3-17-51-43(13-1)15-11-24-57(51)55-21-7-5-19-53(55)45-29-36-49(37-30-45)63(48-34-27-42(28-35-48)47-33-40-62-60(41-47)59-23-9-10-26-61(59)64-62)50-38-31-46(32-39-50)54-20-6-8-22-56(54)58-25-12-16-44-14-2-4-18-52(44)58/h1-41H. The molecule has 11 aromatic carbocycles. The van der Waals surface area contributed by atoms with Gasteiger partial charge in [0.15, 0.2) is 0 Å². The van der Waals surface area contributed by atoms with E-state index in [-0.39, 0.29) is 0 Å². The Labute approximate surface area is 372 Å². The molecule has 0 amide bonds. The Balaban J connectivity index is 0.939. The number of hydrogen-bond donors (Lipinski definition) is 0. The lowest BCUT2D eigenvalue weighted by molar-refractivity contribution is 0.669. The summed E-state index contributed by atoms with van der Waals surface area (Å²) in [5.74, 6) is 0. The molecule has 0 radical (unpaired) electrons. The highest BCUT2D eigenvalue weighted by Gasteiger charge is 2.17. The molecule has 1 heterocycles. The Morgan fingerprint density at radius 2 is 0.609 bits per heavy atom. The minimum Gasteiger partial charge on any atom is -0.456 e. The molecule has 12 rings (SSSR count). The van der Waals surface area contributed by atoms with Gasteiger partial charge in [0, 0.05) is 27.8 Å². The average molecular weight is 816 g/mol. The van der Waals surface area contributed by atoms with Crippen molar-refractivity contribution in [2.75, 3.05) is 4.90 Å². The Morgan fingerprint density at radius 1 is 0.234 bits per heavy atom. The third kappa shape index (κ3) is 6.61. The Kier molecular flexibility index (Phi) is 9.20. The van der Waals surface area contributed by atoms with Gasteiger partial charge in [-0.05, 0) is 132 Å². The van der Waals surface area contributed by atoms with Crippen LogP contribution in [0.1, 0.15) is 0 Å². The zero-order valence-electron chi connectivity index (χ0n) is 35.0. The molecule has 0 saturated carbocycles. The maximum atomic E-state index is 6.15. The van der Waals surface area contributed by atoms with E-state index in [2.05, 4.69) is 241 Å². The van der Waals surface area contributed by atoms with Gasteiger partial charge in [-0.25, -0.2) is 0 Å². The average Bonchev–Trinajstić information content (AvgIpc) is 3.75. The number of anilines is 3. The zero-order valence-corrected chi connectivity index (χ0v) is 35.0. The number of hydrogen-bond acceptors (Lipinski definition) is 2. The fraction of sp³-hybridized carbons (Fsp3) is 0. The topological polar surface area (TPSA) is 16.4 Å². The van der Waals surface area contributed by atoms with Crippen molar-refractivity contribution in [1.29, 1.82) is 0 Å². The van der Waals surface area contributed by atoms with Crippen LogP contribution >= 0.6 is 0 Å². The lowest BCUT2D eigenvalue weighted by Crippen LogP contribution is -2.09. The lowest BCUT2D eigenvalue weighted by atomic mass is 9.91. The Hall–Kier alpha value is -8.46. The molecular formula is C62H41NO. The smallest absolute Gasteiger partial charge is 0.135 e. The van der Waals surface area contributed by atoms with Gasteiger partial charge in [-0.3, -0.25) is 0 Å². The van der Waals surface area contributed by atoms with Crippen LogP contribution in [0.4, 0.5) is 17.1 Å². The van der Waals surface area contributed by atoms with Crippen LogP contribution in [0.5, 0.6) is 0 Å². The third-order valence-electron chi connectivity index (χ3n) is 12.7. The summed E-state index contributed by atoms with van der Waals surface area (Å²) in [4.78, 5) is 2.36. The van der Waals surface area contributed by atoms with E-state index in [1.165, 1.54) is 66.1 Å². The molecule has 0 fully saturated rings. The highest BCUT2D eigenvalue weighted by atomic mass is 16.3.